The number of hydrogen-bond donors (Lipinski definition) is 0. The van der Waals surface area contributed by atoms with Crippen LogP contribution in [0.4, 0.5) is 0 Å². The second kappa shape index (κ2) is 61.8. The van der Waals surface area contributed by atoms with E-state index in [0.717, 1.165) is 116 Å². The quantitative estimate of drug-likeness (QED) is 0.0261. The Balaban J connectivity index is 4.47. The lowest BCUT2D eigenvalue weighted by Gasteiger charge is -2.18. The van der Waals surface area contributed by atoms with Gasteiger partial charge in [-0.3, -0.25) is 14.4 Å². The molecule has 0 fully saturated rings. The fourth-order valence-corrected chi connectivity index (χ4v) is 7.84. The molecule has 422 valence electrons. The van der Waals surface area contributed by atoms with Crippen molar-refractivity contribution < 1.29 is 28.6 Å². The maximum Gasteiger partial charge on any atom is 0.306 e. The van der Waals surface area contributed by atoms with E-state index in [4.69, 9.17) is 14.2 Å². The molecular weight excluding hydrogens is 925 g/mol. The summed E-state index contributed by atoms with van der Waals surface area (Å²) in [6.45, 7) is 6.30. The minimum atomic E-state index is -0.839. The normalized spacial score (nSPS) is 13.2. The topological polar surface area (TPSA) is 78.9 Å². The number of rotatable bonds is 53. The Morgan fingerprint density at radius 3 is 0.880 bits per heavy atom. The molecule has 0 spiro atoms. The van der Waals surface area contributed by atoms with Crippen molar-refractivity contribution in [2.45, 2.75) is 258 Å². The van der Waals surface area contributed by atoms with E-state index in [1.165, 1.54) is 89.9 Å². The van der Waals surface area contributed by atoms with Gasteiger partial charge in [-0.25, -0.2) is 0 Å². The van der Waals surface area contributed by atoms with Crippen LogP contribution < -0.4 is 0 Å². The van der Waals surface area contributed by atoms with E-state index in [1.54, 1.807) is 0 Å². The Morgan fingerprint density at radius 1 is 0.280 bits per heavy atom. The largest absolute Gasteiger partial charge is 0.462 e. The van der Waals surface area contributed by atoms with E-state index in [9.17, 15) is 14.4 Å². The molecule has 0 saturated heterocycles. The molecule has 0 bridgehead atoms. The van der Waals surface area contributed by atoms with Gasteiger partial charge in [0.1, 0.15) is 13.2 Å². The van der Waals surface area contributed by atoms with Gasteiger partial charge < -0.3 is 14.2 Å². The summed E-state index contributed by atoms with van der Waals surface area (Å²) in [6, 6.07) is 0. The molecule has 1 unspecified atom stereocenters. The molecule has 0 aliphatic carbocycles. The van der Waals surface area contributed by atoms with Crippen molar-refractivity contribution in [2.24, 2.45) is 0 Å². The minimum absolute atomic E-state index is 0.125. The zero-order chi connectivity index (χ0) is 54.3. The summed E-state index contributed by atoms with van der Waals surface area (Å²) in [5.74, 6) is -1.05. The van der Waals surface area contributed by atoms with Gasteiger partial charge in [-0.1, -0.05) is 250 Å². The van der Waals surface area contributed by atoms with Crippen LogP contribution in [-0.2, 0) is 28.6 Å². The van der Waals surface area contributed by atoms with Crippen LogP contribution in [0.15, 0.2) is 146 Å². The second-order valence-corrected chi connectivity index (χ2v) is 19.5. The summed E-state index contributed by atoms with van der Waals surface area (Å²) in [4.78, 5) is 38.2. The molecule has 0 rings (SSSR count). The third-order valence-corrected chi connectivity index (χ3v) is 12.3. The Hall–Kier alpha value is -4.71. The van der Waals surface area contributed by atoms with Gasteiger partial charge in [-0.15, -0.1) is 0 Å². The van der Waals surface area contributed by atoms with E-state index >= 15 is 0 Å². The van der Waals surface area contributed by atoms with Gasteiger partial charge in [0.2, 0.25) is 0 Å². The lowest BCUT2D eigenvalue weighted by atomic mass is 10.1. The molecule has 6 heteroatoms. The third kappa shape index (κ3) is 60.0. The average molecular weight is 1040 g/mol. The van der Waals surface area contributed by atoms with Crippen LogP contribution in [0.1, 0.15) is 252 Å². The van der Waals surface area contributed by atoms with Crippen molar-refractivity contribution in [1.29, 1.82) is 0 Å². The average Bonchev–Trinajstić information content (AvgIpc) is 3.41. The molecule has 0 aromatic carbocycles. The van der Waals surface area contributed by atoms with Gasteiger partial charge in [-0.2, -0.15) is 0 Å². The highest BCUT2D eigenvalue weighted by Gasteiger charge is 2.19. The Bertz CT molecular complexity index is 1660. The van der Waals surface area contributed by atoms with Crippen LogP contribution in [0.5, 0.6) is 0 Å². The highest BCUT2D eigenvalue weighted by atomic mass is 16.6. The Kier molecular flexibility index (Phi) is 58.0. The van der Waals surface area contributed by atoms with Crippen LogP contribution in [0.2, 0.25) is 0 Å². The van der Waals surface area contributed by atoms with Crippen molar-refractivity contribution in [3.63, 3.8) is 0 Å². The van der Waals surface area contributed by atoms with Crippen LogP contribution in [0, 0.1) is 0 Å². The zero-order valence-corrected chi connectivity index (χ0v) is 48.3. The smallest absolute Gasteiger partial charge is 0.306 e. The van der Waals surface area contributed by atoms with Crippen molar-refractivity contribution in [1.82, 2.24) is 0 Å². The monoisotopic (exact) mass is 1030 g/mol. The number of hydrogen-bond acceptors (Lipinski definition) is 6. The van der Waals surface area contributed by atoms with Gasteiger partial charge in [0, 0.05) is 19.3 Å². The molecule has 0 saturated carbocycles. The highest BCUT2D eigenvalue weighted by molar-refractivity contribution is 5.71. The molecule has 0 heterocycles. The Labute approximate surface area is 461 Å². The molecule has 75 heavy (non-hydrogen) atoms. The van der Waals surface area contributed by atoms with Gasteiger partial charge in [0.05, 0.1) is 0 Å². The molecule has 0 amide bonds. The Morgan fingerprint density at radius 2 is 0.547 bits per heavy atom. The lowest BCUT2D eigenvalue weighted by Crippen LogP contribution is -2.30. The summed E-state index contributed by atoms with van der Waals surface area (Å²) in [6.07, 6.45) is 88.6. The first-order valence-corrected chi connectivity index (χ1v) is 30.3. The van der Waals surface area contributed by atoms with Crippen LogP contribution in [0.25, 0.3) is 0 Å². The maximum atomic E-state index is 12.8. The minimum Gasteiger partial charge on any atom is -0.462 e. The first kappa shape index (κ1) is 70.3. The standard InChI is InChI=1S/C69H110O6/c1-4-7-10-13-16-19-22-25-27-29-31-32-33-34-35-36-38-39-41-44-47-50-53-56-59-62-68(71)74-65-66(64-73-67(70)61-58-55-52-49-46-43-24-21-18-15-12-9-6-3)75-69(72)63-60-57-54-51-48-45-42-40-37-30-28-26-23-20-17-14-11-8-5-2/h8-9,11-12,17-18,20-22,25-26,28-29,31,33-34,37,40,43,45-46,48,54,57,66H,4-7,10,13-16,19,23-24,27,30,32,35-36,38-39,41-42,44,47,49-53,55-56,58-65H2,1-3H3/b11-8-,12-9-,20-17-,21-18-,25-22-,28-26-,31-29-,34-33-,40-37-,46-43-,48-45-,57-54-. The summed E-state index contributed by atoms with van der Waals surface area (Å²) < 4.78 is 16.8. The predicted octanol–water partition coefficient (Wildman–Crippen LogP) is 20.8. The molecular formula is C69H110O6. The summed E-state index contributed by atoms with van der Waals surface area (Å²) in [5, 5.41) is 0. The second-order valence-electron chi connectivity index (χ2n) is 19.5. The molecule has 0 aliphatic heterocycles. The number of carbonyl (C=O) groups is 3. The molecule has 0 radical (unpaired) electrons. The third-order valence-electron chi connectivity index (χ3n) is 12.3. The molecule has 6 nitrogen and oxygen atoms in total. The molecule has 0 N–H and O–H groups in total. The SMILES string of the molecule is CC/C=C\C/C=C\C/C=C\C/C=C\C/C=C\C/C=C\CCC(=O)OC(COC(=O)CCCCC/C=C\C/C=C\C/C=C\CC)COC(=O)CCCCCCCCCCCC/C=C\C/C=C\C/C=C\CCCCCCC. The maximum absolute atomic E-state index is 12.8. The molecule has 0 aliphatic rings. The predicted molar refractivity (Wildman–Crippen MR) is 325 cm³/mol. The van der Waals surface area contributed by atoms with Gasteiger partial charge in [0.15, 0.2) is 6.10 Å². The van der Waals surface area contributed by atoms with E-state index in [1.807, 2.05) is 12.2 Å². The van der Waals surface area contributed by atoms with E-state index in [2.05, 4.69) is 154 Å². The first-order chi connectivity index (χ1) is 37.0. The number of unbranched alkanes of at least 4 members (excludes halogenated alkanes) is 18. The molecule has 0 aromatic rings. The number of allylic oxidation sites excluding steroid dienone is 24. The van der Waals surface area contributed by atoms with Crippen molar-refractivity contribution in [3.8, 4) is 0 Å². The number of ether oxygens (including phenoxy) is 3. The fraction of sp³-hybridized carbons (Fsp3) is 0.609. The van der Waals surface area contributed by atoms with Crippen molar-refractivity contribution >= 4 is 17.9 Å². The van der Waals surface area contributed by atoms with E-state index in [-0.39, 0.29) is 31.6 Å². The van der Waals surface area contributed by atoms with Gasteiger partial charge in [-0.05, 0) is 128 Å². The van der Waals surface area contributed by atoms with Crippen LogP contribution in [-0.4, -0.2) is 37.2 Å². The van der Waals surface area contributed by atoms with Gasteiger partial charge in [0.25, 0.3) is 0 Å². The van der Waals surface area contributed by atoms with E-state index in [0.29, 0.717) is 19.3 Å². The first-order valence-electron chi connectivity index (χ1n) is 30.3. The van der Waals surface area contributed by atoms with Crippen LogP contribution in [0.3, 0.4) is 0 Å². The number of carbonyl (C=O) groups excluding carboxylic acids is 3. The number of esters is 3. The van der Waals surface area contributed by atoms with Crippen LogP contribution >= 0.6 is 0 Å². The van der Waals surface area contributed by atoms with Crippen molar-refractivity contribution in [3.05, 3.63) is 146 Å². The highest BCUT2D eigenvalue weighted by Crippen LogP contribution is 2.14. The van der Waals surface area contributed by atoms with Crippen molar-refractivity contribution in [2.75, 3.05) is 13.2 Å². The van der Waals surface area contributed by atoms with Gasteiger partial charge >= 0.3 is 17.9 Å². The lowest BCUT2D eigenvalue weighted by molar-refractivity contribution is -0.166. The summed E-state index contributed by atoms with van der Waals surface area (Å²) in [5.41, 5.74) is 0. The zero-order valence-electron chi connectivity index (χ0n) is 48.3. The van der Waals surface area contributed by atoms with E-state index < -0.39 is 12.1 Å². The summed E-state index contributed by atoms with van der Waals surface area (Å²) >= 11 is 0. The fourth-order valence-electron chi connectivity index (χ4n) is 7.84. The molecule has 1 atom stereocenters. The summed E-state index contributed by atoms with van der Waals surface area (Å²) in [7, 11) is 0. The molecule has 0 aromatic heterocycles.